The van der Waals surface area contributed by atoms with Crippen molar-refractivity contribution in [2.45, 2.75) is 70.6 Å². The summed E-state index contributed by atoms with van der Waals surface area (Å²) in [4.78, 5) is 2.46. The van der Waals surface area contributed by atoms with Gasteiger partial charge in [-0.25, -0.2) is 0 Å². The Morgan fingerprint density at radius 2 is 1.11 bits per heavy atom. The van der Waals surface area contributed by atoms with E-state index in [9.17, 15) is 0 Å². The summed E-state index contributed by atoms with van der Waals surface area (Å²) in [5.41, 5.74) is 16.2. The molecule has 0 amide bonds. The van der Waals surface area contributed by atoms with Crippen molar-refractivity contribution in [1.82, 2.24) is 0 Å². The van der Waals surface area contributed by atoms with Crippen molar-refractivity contribution in [3.8, 4) is 22.3 Å². The molecule has 0 aliphatic heterocycles. The van der Waals surface area contributed by atoms with Gasteiger partial charge in [-0.2, -0.15) is 0 Å². The predicted octanol–water partition coefficient (Wildman–Crippen LogP) is 15.7. The normalized spacial score (nSPS) is 16.3. The summed E-state index contributed by atoms with van der Waals surface area (Å²) in [6, 6.07) is 52.1. The Bertz CT molecular complexity index is 3080. The number of hydrogen-bond donors (Lipinski definition) is 0. The molecule has 0 radical (unpaired) electrons. The molecule has 0 unspecified atom stereocenters. The van der Waals surface area contributed by atoms with Gasteiger partial charge >= 0.3 is 0 Å². The van der Waals surface area contributed by atoms with E-state index < -0.39 is 0 Å². The number of hydrogen-bond acceptors (Lipinski definition) is 3. The summed E-state index contributed by atoms with van der Waals surface area (Å²) in [6.07, 6.45) is 2.41. The third kappa shape index (κ3) is 4.80. The van der Waals surface area contributed by atoms with E-state index in [1.165, 1.54) is 77.5 Å². The molecule has 2 aliphatic rings. The van der Waals surface area contributed by atoms with E-state index in [0.717, 1.165) is 39.0 Å². The highest BCUT2D eigenvalue weighted by Crippen LogP contribution is 2.54. The van der Waals surface area contributed by atoms with Crippen LogP contribution in [0.2, 0.25) is 0 Å². The molecular weight excluding hydrogens is 699 g/mol. The van der Waals surface area contributed by atoms with Gasteiger partial charge in [0, 0.05) is 59.4 Å². The first kappa shape index (κ1) is 33.7. The SMILES string of the molecule is CC1(C)CCC(C)(C)c2cc3c(cc21)sc1cccc(-c2ccccc2N(c2ccc4c(c2)C(C)(C)c2ccccc2-4)c2ccc4c(c2)oc2ccccc24)c13. The predicted molar refractivity (Wildman–Crippen MR) is 240 cm³/mol. The van der Waals surface area contributed by atoms with Crippen molar-refractivity contribution in [2.75, 3.05) is 4.90 Å². The molecule has 0 N–H and O–H groups in total. The lowest BCUT2D eigenvalue weighted by Gasteiger charge is -2.41. The maximum Gasteiger partial charge on any atom is 0.137 e. The van der Waals surface area contributed by atoms with Crippen molar-refractivity contribution < 1.29 is 4.42 Å². The van der Waals surface area contributed by atoms with Gasteiger partial charge in [-0.05, 0) is 117 Å². The zero-order chi connectivity index (χ0) is 38.1. The molecule has 0 bridgehead atoms. The maximum atomic E-state index is 6.53. The van der Waals surface area contributed by atoms with Crippen LogP contribution in [-0.4, -0.2) is 0 Å². The van der Waals surface area contributed by atoms with E-state index in [0.29, 0.717) is 0 Å². The Labute approximate surface area is 333 Å². The van der Waals surface area contributed by atoms with Crippen LogP contribution in [0.4, 0.5) is 17.1 Å². The van der Waals surface area contributed by atoms with Crippen LogP contribution in [0, 0.1) is 0 Å². The van der Waals surface area contributed by atoms with Crippen LogP contribution in [0.1, 0.15) is 76.6 Å². The molecule has 2 aliphatic carbocycles. The number of anilines is 3. The second-order valence-electron chi connectivity index (χ2n) is 18.0. The molecule has 0 saturated carbocycles. The molecule has 0 fully saturated rings. The summed E-state index contributed by atoms with van der Waals surface area (Å²) in [5, 5.41) is 4.99. The van der Waals surface area contributed by atoms with E-state index in [4.69, 9.17) is 4.42 Å². The average molecular weight is 744 g/mol. The lowest BCUT2D eigenvalue weighted by atomic mass is 9.63. The minimum atomic E-state index is -0.127. The van der Waals surface area contributed by atoms with Gasteiger partial charge in [0.05, 0.1) is 5.69 Å². The molecule has 9 aromatic rings. The van der Waals surface area contributed by atoms with Gasteiger partial charge in [0.2, 0.25) is 0 Å². The number of nitrogens with zero attached hydrogens (tertiary/aromatic N) is 1. The van der Waals surface area contributed by atoms with Crippen molar-refractivity contribution in [3.63, 3.8) is 0 Å². The standard InChI is InChI=1S/C53H45NOS/c1-51(2)26-27-52(3,4)44-31-49-40(30-43(44)51)50-39(17-13-21-48(50)56-49)36-15-8-11-19-45(36)54(33-23-25-38-37-16-9-12-20-46(37)55-47(38)29-33)32-22-24-35-34-14-7-10-18-41(34)53(5,6)42(35)28-32/h7-25,28-31H,26-27H2,1-6H3. The molecule has 7 aromatic carbocycles. The van der Waals surface area contributed by atoms with Gasteiger partial charge in [0.1, 0.15) is 11.2 Å². The summed E-state index contributed by atoms with van der Waals surface area (Å²) < 4.78 is 9.23. The Hall–Kier alpha value is -5.64. The maximum absolute atomic E-state index is 6.53. The summed E-state index contributed by atoms with van der Waals surface area (Å²) >= 11 is 1.94. The lowest BCUT2D eigenvalue weighted by Crippen LogP contribution is -2.33. The first-order chi connectivity index (χ1) is 27.0. The Morgan fingerprint density at radius 3 is 1.95 bits per heavy atom. The van der Waals surface area contributed by atoms with Crippen LogP contribution < -0.4 is 4.90 Å². The van der Waals surface area contributed by atoms with Gasteiger partial charge in [-0.1, -0.05) is 120 Å². The third-order valence-electron chi connectivity index (χ3n) is 13.3. The lowest BCUT2D eigenvalue weighted by molar-refractivity contribution is 0.332. The highest BCUT2D eigenvalue weighted by molar-refractivity contribution is 7.26. The molecular formula is C53H45NOS. The summed E-state index contributed by atoms with van der Waals surface area (Å²) in [5.74, 6) is 0. The van der Waals surface area contributed by atoms with Gasteiger partial charge in [0.15, 0.2) is 0 Å². The van der Waals surface area contributed by atoms with Crippen LogP contribution >= 0.6 is 11.3 Å². The number of rotatable bonds is 4. The summed E-state index contributed by atoms with van der Waals surface area (Å²) in [7, 11) is 0. The van der Waals surface area contributed by atoms with Crippen molar-refractivity contribution in [3.05, 3.63) is 162 Å². The number of benzene rings is 7. The molecule has 2 heterocycles. The average Bonchev–Trinajstić information content (AvgIpc) is 3.84. The molecule has 0 saturated heterocycles. The molecule has 0 spiro atoms. The fraction of sp³-hybridized carbons (Fsp3) is 0.208. The van der Waals surface area contributed by atoms with Crippen molar-refractivity contribution in [1.29, 1.82) is 0 Å². The smallest absolute Gasteiger partial charge is 0.137 e. The third-order valence-corrected chi connectivity index (χ3v) is 14.5. The number of furan rings is 1. The fourth-order valence-electron chi connectivity index (χ4n) is 10.1. The minimum absolute atomic E-state index is 0.127. The van der Waals surface area contributed by atoms with Crippen LogP contribution in [0.3, 0.4) is 0 Å². The second kappa shape index (κ2) is 11.7. The quantitative estimate of drug-likeness (QED) is 0.178. The van der Waals surface area contributed by atoms with E-state index in [2.05, 4.69) is 180 Å². The van der Waals surface area contributed by atoms with Gasteiger partial charge in [-0.3, -0.25) is 0 Å². The zero-order valence-corrected chi connectivity index (χ0v) is 33.8. The van der Waals surface area contributed by atoms with E-state index in [1.54, 1.807) is 0 Å². The van der Waals surface area contributed by atoms with Gasteiger partial charge in [0.25, 0.3) is 0 Å². The van der Waals surface area contributed by atoms with Gasteiger partial charge in [-0.15, -0.1) is 11.3 Å². The monoisotopic (exact) mass is 743 g/mol. The topological polar surface area (TPSA) is 16.4 Å². The van der Waals surface area contributed by atoms with Crippen molar-refractivity contribution >= 4 is 70.5 Å². The molecule has 274 valence electrons. The molecule has 0 atom stereocenters. The summed E-state index contributed by atoms with van der Waals surface area (Å²) in [6.45, 7) is 14.5. The fourth-order valence-corrected chi connectivity index (χ4v) is 11.3. The highest BCUT2D eigenvalue weighted by Gasteiger charge is 2.38. The number of thiophene rings is 1. The van der Waals surface area contributed by atoms with Crippen LogP contribution in [0.5, 0.6) is 0 Å². The largest absolute Gasteiger partial charge is 0.456 e. The Balaban J connectivity index is 1.16. The van der Waals surface area contributed by atoms with Crippen LogP contribution in [0.15, 0.2) is 144 Å². The molecule has 2 aromatic heterocycles. The Kier molecular flexibility index (Phi) is 7.03. The molecule has 11 rings (SSSR count). The number of fused-ring (bicyclic) bond motifs is 10. The van der Waals surface area contributed by atoms with Crippen LogP contribution in [-0.2, 0) is 16.2 Å². The molecule has 56 heavy (non-hydrogen) atoms. The van der Waals surface area contributed by atoms with E-state index >= 15 is 0 Å². The van der Waals surface area contributed by atoms with E-state index in [-0.39, 0.29) is 16.2 Å². The molecule has 2 nitrogen and oxygen atoms in total. The number of para-hydroxylation sites is 2. The van der Waals surface area contributed by atoms with Gasteiger partial charge < -0.3 is 9.32 Å². The molecule has 3 heteroatoms. The highest BCUT2D eigenvalue weighted by atomic mass is 32.1. The minimum Gasteiger partial charge on any atom is -0.456 e. The Morgan fingerprint density at radius 1 is 0.464 bits per heavy atom. The van der Waals surface area contributed by atoms with Crippen molar-refractivity contribution in [2.24, 2.45) is 0 Å². The first-order valence-electron chi connectivity index (χ1n) is 20.1. The first-order valence-corrected chi connectivity index (χ1v) is 20.9. The zero-order valence-electron chi connectivity index (χ0n) is 33.0. The van der Waals surface area contributed by atoms with E-state index in [1.807, 2.05) is 17.4 Å². The second-order valence-corrected chi connectivity index (χ2v) is 19.1. The van der Waals surface area contributed by atoms with Crippen LogP contribution in [0.25, 0.3) is 64.4 Å².